The van der Waals surface area contributed by atoms with Crippen LogP contribution in [-0.4, -0.2) is 13.2 Å². The highest BCUT2D eigenvalue weighted by molar-refractivity contribution is 9.10. The fraction of sp³-hybridized carbons (Fsp3) is 0.500. The molecule has 1 N–H and O–H groups in total. The summed E-state index contributed by atoms with van der Waals surface area (Å²) in [5.74, 6) is 0.229. The van der Waals surface area contributed by atoms with Gasteiger partial charge in [-0.2, -0.15) is 8.78 Å². The highest BCUT2D eigenvalue weighted by Crippen LogP contribution is 2.24. The minimum atomic E-state index is -2.79. The molecule has 17 heavy (non-hydrogen) atoms. The fourth-order valence-corrected chi connectivity index (χ4v) is 1.83. The van der Waals surface area contributed by atoms with Crippen molar-refractivity contribution in [3.8, 4) is 5.75 Å². The highest BCUT2D eigenvalue weighted by atomic mass is 79.9. The van der Waals surface area contributed by atoms with Gasteiger partial charge in [0, 0.05) is 16.6 Å². The van der Waals surface area contributed by atoms with E-state index in [-0.39, 0.29) is 5.75 Å². The van der Waals surface area contributed by atoms with Crippen molar-refractivity contribution < 1.29 is 13.5 Å². The molecule has 0 radical (unpaired) electrons. The van der Waals surface area contributed by atoms with Gasteiger partial charge in [0.1, 0.15) is 5.75 Å². The van der Waals surface area contributed by atoms with Crippen LogP contribution in [0.4, 0.5) is 8.78 Å². The van der Waals surface area contributed by atoms with Crippen LogP contribution in [0.5, 0.6) is 5.75 Å². The Labute approximate surface area is 108 Å². The zero-order chi connectivity index (χ0) is 12.7. The van der Waals surface area contributed by atoms with E-state index in [1.54, 1.807) is 18.2 Å². The molecule has 0 fully saturated rings. The molecular weight excluding hydrogens is 292 g/mol. The summed E-state index contributed by atoms with van der Waals surface area (Å²) in [6.45, 7) is 0.718. The van der Waals surface area contributed by atoms with Crippen LogP contribution in [0.25, 0.3) is 0 Å². The number of alkyl halides is 2. The molecule has 0 atom stereocenters. The summed E-state index contributed by atoms with van der Waals surface area (Å²) in [5.41, 5.74) is 0.732. The maximum atomic E-state index is 12.2. The SMILES string of the molecule is CCCCNCc1cc(Br)ccc1OC(F)F. The molecule has 0 aliphatic rings. The van der Waals surface area contributed by atoms with Crippen LogP contribution >= 0.6 is 15.9 Å². The molecule has 1 aromatic rings. The zero-order valence-corrected chi connectivity index (χ0v) is 11.3. The summed E-state index contributed by atoms with van der Waals surface area (Å²) in [4.78, 5) is 0. The number of rotatable bonds is 7. The normalized spacial score (nSPS) is 10.9. The van der Waals surface area contributed by atoms with Gasteiger partial charge in [-0.15, -0.1) is 0 Å². The number of ether oxygens (including phenoxy) is 1. The van der Waals surface area contributed by atoms with Crippen LogP contribution in [0.1, 0.15) is 25.3 Å². The van der Waals surface area contributed by atoms with E-state index >= 15 is 0 Å². The van der Waals surface area contributed by atoms with E-state index in [9.17, 15) is 8.78 Å². The lowest BCUT2D eigenvalue weighted by atomic mass is 10.2. The molecule has 1 rings (SSSR count). The number of halogens is 3. The maximum Gasteiger partial charge on any atom is 0.387 e. The third-order valence-electron chi connectivity index (χ3n) is 2.26. The van der Waals surface area contributed by atoms with Gasteiger partial charge >= 0.3 is 6.61 Å². The third kappa shape index (κ3) is 5.46. The first-order valence-corrected chi connectivity index (χ1v) is 6.36. The average Bonchev–Trinajstić information content (AvgIpc) is 2.27. The lowest BCUT2D eigenvalue weighted by Crippen LogP contribution is -2.16. The minimum Gasteiger partial charge on any atom is -0.434 e. The monoisotopic (exact) mass is 307 g/mol. The molecule has 0 spiro atoms. The van der Waals surface area contributed by atoms with Gasteiger partial charge in [0.15, 0.2) is 0 Å². The van der Waals surface area contributed by atoms with Crippen molar-refractivity contribution in [3.63, 3.8) is 0 Å². The van der Waals surface area contributed by atoms with Crippen molar-refractivity contribution in [2.75, 3.05) is 6.54 Å². The Balaban J connectivity index is 2.63. The van der Waals surface area contributed by atoms with Crippen LogP contribution in [0.2, 0.25) is 0 Å². The molecule has 0 amide bonds. The van der Waals surface area contributed by atoms with Crippen LogP contribution in [0, 0.1) is 0 Å². The van der Waals surface area contributed by atoms with Gasteiger partial charge in [-0.3, -0.25) is 0 Å². The molecule has 2 nitrogen and oxygen atoms in total. The first-order valence-electron chi connectivity index (χ1n) is 5.57. The van der Waals surface area contributed by atoms with Gasteiger partial charge in [0.05, 0.1) is 0 Å². The van der Waals surface area contributed by atoms with Crippen LogP contribution in [-0.2, 0) is 6.54 Å². The van der Waals surface area contributed by atoms with Gasteiger partial charge in [-0.1, -0.05) is 29.3 Å². The molecule has 1 aromatic carbocycles. The molecule has 5 heteroatoms. The van der Waals surface area contributed by atoms with Gasteiger partial charge in [-0.05, 0) is 31.2 Å². The number of benzene rings is 1. The Morgan fingerprint density at radius 2 is 2.18 bits per heavy atom. The Morgan fingerprint density at radius 3 is 2.82 bits per heavy atom. The van der Waals surface area contributed by atoms with Crippen LogP contribution in [0.3, 0.4) is 0 Å². The lowest BCUT2D eigenvalue weighted by Gasteiger charge is -2.11. The topological polar surface area (TPSA) is 21.3 Å². The first-order chi connectivity index (χ1) is 8.13. The minimum absolute atomic E-state index is 0.229. The largest absolute Gasteiger partial charge is 0.434 e. The predicted octanol–water partition coefficient (Wildman–Crippen LogP) is 3.94. The summed E-state index contributed by atoms with van der Waals surface area (Å²) in [6, 6.07) is 5.02. The van der Waals surface area contributed by atoms with Crippen LogP contribution < -0.4 is 10.1 Å². The molecule has 0 aromatic heterocycles. The Kier molecular flexibility index (Phi) is 6.44. The molecule has 0 aliphatic carbocycles. The van der Waals surface area contributed by atoms with Gasteiger partial charge in [0.2, 0.25) is 0 Å². The van der Waals surface area contributed by atoms with Crippen molar-refractivity contribution in [3.05, 3.63) is 28.2 Å². The van der Waals surface area contributed by atoms with Crippen molar-refractivity contribution in [1.29, 1.82) is 0 Å². The van der Waals surface area contributed by atoms with Gasteiger partial charge in [0.25, 0.3) is 0 Å². The second-order valence-corrected chi connectivity index (χ2v) is 4.58. The molecule has 96 valence electrons. The molecular formula is C12H16BrF2NO. The fourth-order valence-electron chi connectivity index (χ4n) is 1.42. The average molecular weight is 308 g/mol. The Hall–Kier alpha value is -0.680. The second-order valence-electron chi connectivity index (χ2n) is 3.66. The molecule has 0 saturated heterocycles. The van der Waals surface area contributed by atoms with E-state index in [1.165, 1.54) is 0 Å². The molecule has 0 unspecified atom stereocenters. The summed E-state index contributed by atoms with van der Waals surface area (Å²) in [7, 11) is 0. The predicted molar refractivity (Wildman–Crippen MR) is 67.4 cm³/mol. The highest BCUT2D eigenvalue weighted by Gasteiger charge is 2.09. The first kappa shape index (κ1) is 14.4. The van der Waals surface area contributed by atoms with Crippen molar-refractivity contribution >= 4 is 15.9 Å². The smallest absolute Gasteiger partial charge is 0.387 e. The molecule has 0 bridgehead atoms. The molecule has 0 saturated carbocycles. The molecule has 0 aliphatic heterocycles. The van der Waals surface area contributed by atoms with E-state index < -0.39 is 6.61 Å². The zero-order valence-electron chi connectivity index (χ0n) is 9.68. The van der Waals surface area contributed by atoms with Crippen molar-refractivity contribution in [1.82, 2.24) is 5.32 Å². The quantitative estimate of drug-likeness (QED) is 0.770. The second kappa shape index (κ2) is 7.61. The van der Waals surface area contributed by atoms with E-state index in [4.69, 9.17) is 0 Å². The van der Waals surface area contributed by atoms with Gasteiger partial charge < -0.3 is 10.1 Å². The number of unbranched alkanes of at least 4 members (excludes halogenated alkanes) is 1. The van der Waals surface area contributed by atoms with E-state index in [1.807, 2.05) is 0 Å². The summed E-state index contributed by atoms with van der Waals surface area (Å²) < 4.78 is 29.7. The Bertz CT molecular complexity index is 347. The standard InChI is InChI=1S/C12H16BrF2NO/c1-2-3-6-16-8-9-7-10(13)4-5-11(9)17-12(14)15/h4-5,7,12,16H,2-3,6,8H2,1H3. The Morgan fingerprint density at radius 1 is 1.41 bits per heavy atom. The third-order valence-corrected chi connectivity index (χ3v) is 2.75. The van der Waals surface area contributed by atoms with E-state index in [2.05, 4.69) is 32.9 Å². The van der Waals surface area contributed by atoms with E-state index in [0.717, 1.165) is 29.4 Å². The van der Waals surface area contributed by atoms with Gasteiger partial charge in [-0.25, -0.2) is 0 Å². The van der Waals surface area contributed by atoms with Crippen molar-refractivity contribution in [2.45, 2.75) is 32.9 Å². The number of nitrogens with one attached hydrogen (secondary N) is 1. The van der Waals surface area contributed by atoms with Crippen LogP contribution in [0.15, 0.2) is 22.7 Å². The van der Waals surface area contributed by atoms with Crippen molar-refractivity contribution in [2.24, 2.45) is 0 Å². The molecule has 0 heterocycles. The number of hydrogen-bond donors (Lipinski definition) is 1. The van der Waals surface area contributed by atoms with E-state index in [0.29, 0.717) is 6.54 Å². The maximum absolute atomic E-state index is 12.2. The lowest BCUT2D eigenvalue weighted by molar-refractivity contribution is -0.0505. The summed E-state index contributed by atoms with van der Waals surface area (Å²) in [6.07, 6.45) is 2.17. The summed E-state index contributed by atoms with van der Waals surface area (Å²) in [5, 5.41) is 3.20. The summed E-state index contributed by atoms with van der Waals surface area (Å²) >= 11 is 3.31. The number of hydrogen-bond acceptors (Lipinski definition) is 2.